The van der Waals surface area contributed by atoms with Crippen LogP contribution in [0, 0.1) is 5.92 Å². The first-order valence-electron chi connectivity index (χ1n) is 4.85. The molecule has 3 N–H and O–H groups in total. The quantitative estimate of drug-likeness (QED) is 0.712. The van der Waals surface area contributed by atoms with Gasteiger partial charge in [-0.25, -0.2) is 0 Å². The van der Waals surface area contributed by atoms with Crippen LogP contribution in [0.25, 0.3) is 0 Å². The summed E-state index contributed by atoms with van der Waals surface area (Å²) in [5.74, 6) is 0.416. The molecule has 14 heavy (non-hydrogen) atoms. The summed E-state index contributed by atoms with van der Waals surface area (Å²) in [6.45, 7) is 1.88. The van der Waals surface area contributed by atoms with Crippen LogP contribution in [-0.2, 0) is 7.05 Å². The summed E-state index contributed by atoms with van der Waals surface area (Å²) < 4.78 is 0. The molecule has 1 aliphatic rings. The van der Waals surface area contributed by atoms with E-state index in [4.69, 9.17) is 5.73 Å². The molecule has 1 aromatic rings. The normalized spacial score (nSPS) is 23.1. The lowest BCUT2D eigenvalue weighted by Crippen LogP contribution is -2.45. The smallest absolute Gasteiger partial charge is 0.117 e. The molecule has 1 saturated carbocycles. The maximum absolute atomic E-state index is 10.0. The summed E-state index contributed by atoms with van der Waals surface area (Å²) in [4.78, 5) is 1.43. The van der Waals surface area contributed by atoms with Crippen molar-refractivity contribution in [3.05, 3.63) is 11.9 Å². The largest absolute Gasteiger partial charge is 0.385 e. The Labute approximate surface area is 82.9 Å². The first kappa shape index (κ1) is 9.61. The van der Waals surface area contributed by atoms with Crippen LogP contribution >= 0.6 is 0 Å². The van der Waals surface area contributed by atoms with E-state index in [9.17, 15) is 5.11 Å². The van der Waals surface area contributed by atoms with Gasteiger partial charge in [0.15, 0.2) is 0 Å². The van der Waals surface area contributed by atoms with E-state index in [-0.39, 0.29) is 0 Å². The number of aliphatic hydroxyl groups is 1. The number of rotatable bonds is 3. The standard InChI is InChI=1S/C9H16N4O/c1-9(10,6-3-4-6)8(14)7-5-11-13(2)12-7/h5-6,8,14H,3-4,10H2,1-2H3. The van der Waals surface area contributed by atoms with Crippen molar-refractivity contribution in [1.82, 2.24) is 15.0 Å². The molecular weight excluding hydrogens is 180 g/mol. The summed E-state index contributed by atoms with van der Waals surface area (Å²) in [6, 6.07) is 0. The van der Waals surface area contributed by atoms with Crippen molar-refractivity contribution in [3.8, 4) is 0 Å². The maximum atomic E-state index is 10.0. The fourth-order valence-corrected chi connectivity index (χ4v) is 1.73. The van der Waals surface area contributed by atoms with Gasteiger partial charge < -0.3 is 10.8 Å². The van der Waals surface area contributed by atoms with Gasteiger partial charge in [-0.1, -0.05) is 0 Å². The third-order valence-electron chi connectivity index (χ3n) is 2.94. The van der Waals surface area contributed by atoms with E-state index < -0.39 is 11.6 Å². The van der Waals surface area contributed by atoms with Crippen molar-refractivity contribution in [3.63, 3.8) is 0 Å². The molecule has 2 atom stereocenters. The van der Waals surface area contributed by atoms with Gasteiger partial charge >= 0.3 is 0 Å². The Kier molecular flexibility index (Phi) is 2.08. The van der Waals surface area contributed by atoms with Crippen LogP contribution in [0.3, 0.4) is 0 Å². The van der Waals surface area contributed by atoms with Crippen LogP contribution < -0.4 is 5.73 Å². The van der Waals surface area contributed by atoms with Crippen molar-refractivity contribution < 1.29 is 5.11 Å². The zero-order valence-corrected chi connectivity index (χ0v) is 8.51. The van der Waals surface area contributed by atoms with Gasteiger partial charge in [0, 0.05) is 12.6 Å². The molecule has 78 valence electrons. The Bertz CT molecular complexity index is 329. The topological polar surface area (TPSA) is 77.0 Å². The number of hydrogen-bond acceptors (Lipinski definition) is 4. The number of aliphatic hydroxyl groups excluding tert-OH is 1. The second-order valence-corrected chi connectivity index (χ2v) is 4.30. The molecule has 0 radical (unpaired) electrons. The summed E-state index contributed by atoms with van der Waals surface area (Å²) in [5.41, 5.74) is 6.07. The monoisotopic (exact) mass is 196 g/mol. The predicted octanol–water partition coefficient (Wildman–Crippen LogP) is -0.0241. The van der Waals surface area contributed by atoms with Crippen molar-refractivity contribution in [2.24, 2.45) is 18.7 Å². The van der Waals surface area contributed by atoms with E-state index in [2.05, 4.69) is 10.2 Å². The Balaban J connectivity index is 2.18. The molecule has 5 nitrogen and oxygen atoms in total. The second kappa shape index (κ2) is 3.03. The molecule has 1 aliphatic carbocycles. The number of nitrogens with zero attached hydrogens (tertiary/aromatic N) is 3. The number of aromatic nitrogens is 3. The van der Waals surface area contributed by atoms with Gasteiger partial charge in [-0.3, -0.25) is 0 Å². The molecular formula is C9H16N4O. The first-order valence-corrected chi connectivity index (χ1v) is 4.85. The molecule has 0 saturated heterocycles. The number of aryl methyl sites for hydroxylation is 1. The molecule has 2 unspecified atom stereocenters. The van der Waals surface area contributed by atoms with Gasteiger partial charge in [0.2, 0.25) is 0 Å². The summed E-state index contributed by atoms with van der Waals surface area (Å²) in [5, 5.41) is 18.0. The van der Waals surface area contributed by atoms with Crippen molar-refractivity contribution >= 4 is 0 Å². The van der Waals surface area contributed by atoms with Crippen molar-refractivity contribution in [2.45, 2.75) is 31.4 Å². The average Bonchev–Trinajstić information content (AvgIpc) is 2.89. The van der Waals surface area contributed by atoms with Crippen molar-refractivity contribution in [2.75, 3.05) is 0 Å². The van der Waals surface area contributed by atoms with Gasteiger partial charge in [0.1, 0.15) is 11.8 Å². The Morgan fingerprint density at radius 1 is 1.71 bits per heavy atom. The van der Waals surface area contributed by atoms with Gasteiger partial charge in [-0.15, -0.1) is 0 Å². The molecule has 0 spiro atoms. The van der Waals surface area contributed by atoms with Crippen LogP contribution in [0.1, 0.15) is 31.6 Å². The van der Waals surface area contributed by atoms with Crippen LogP contribution in [0.4, 0.5) is 0 Å². The van der Waals surface area contributed by atoms with Crippen molar-refractivity contribution in [1.29, 1.82) is 0 Å². The molecule has 2 rings (SSSR count). The third kappa shape index (κ3) is 1.53. The fraction of sp³-hybridized carbons (Fsp3) is 0.778. The molecule has 1 aromatic heterocycles. The second-order valence-electron chi connectivity index (χ2n) is 4.30. The Morgan fingerprint density at radius 3 is 2.79 bits per heavy atom. The highest BCUT2D eigenvalue weighted by atomic mass is 16.3. The maximum Gasteiger partial charge on any atom is 0.117 e. The molecule has 0 aliphatic heterocycles. The molecule has 5 heteroatoms. The Morgan fingerprint density at radius 2 is 2.36 bits per heavy atom. The van der Waals surface area contributed by atoms with E-state index in [1.54, 1.807) is 13.2 Å². The highest BCUT2D eigenvalue weighted by molar-refractivity contribution is 5.10. The van der Waals surface area contributed by atoms with E-state index in [0.717, 1.165) is 12.8 Å². The Hall–Kier alpha value is -0.940. The number of hydrogen-bond donors (Lipinski definition) is 2. The summed E-state index contributed by atoms with van der Waals surface area (Å²) >= 11 is 0. The molecule has 0 bridgehead atoms. The van der Waals surface area contributed by atoms with Crippen LogP contribution in [0.5, 0.6) is 0 Å². The van der Waals surface area contributed by atoms with E-state index in [1.165, 1.54) is 4.80 Å². The first-order chi connectivity index (χ1) is 6.51. The predicted molar refractivity (Wildman–Crippen MR) is 51.3 cm³/mol. The lowest BCUT2D eigenvalue weighted by atomic mass is 9.89. The number of nitrogens with two attached hydrogens (primary N) is 1. The zero-order valence-electron chi connectivity index (χ0n) is 8.51. The highest BCUT2D eigenvalue weighted by Gasteiger charge is 2.44. The van der Waals surface area contributed by atoms with Crippen LogP contribution in [-0.4, -0.2) is 25.6 Å². The molecule has 0 aromatic carbocycles. The molecule has 0 amide bonds. The highest BCUT2D eigenvalue weighted by Crippen LogP contribution is 2.43. The minimum Gasteiger partial charge on any atom is -0.385 e. The average molecular weight is 196 g/mol. The minimum atomic E-state index is -0.719. The third-order valence-corrected chi connectivity index (χ3v) is 2.94. The van der Waals surface area contributed by atoms with Crippen LogP contribution in [0.2, 0.25) is 0 Å². The summed E-state index contributed by atoms with van der Waals surface area (Å²) in [6.07, 6.45) is 3.05. The lowest BCUT2D eigenvalue weighted by Gasteiger charge is -2.28. The van der Waals surface area contributed by atoms with Gasteiger partial charge in [-0.05, 0) is 25.7 Å². The summed E-state index contributed by atoms with van der Waals surface area (Å²) in [7, 11) is 1.72. The van der Waals surface area contributed by atoms with Gasteiger partial charge in [0.25, 0.3) is 0 Å². The van der Waals surface area contributed by atoms with E-state index in [0.29, 0.717) is 11.6 Å². The van der Waals surface area contributed by atoms with E-state index in [1.807, 2.05) is 6.92 Å². The fourth-order valence-electron chi connectivity index (χ4n) is 1.73. The molecule has 1 fully saturated rings. The molecule has 1 heterocycles. The van der Waals surface area contributed by atoms with E-state index >= 15 is 0 Å². The van der Waals surface area contributed by atoms with Gasteiger partial charge in [-0.2, -0.15) is 15.0 Å². The van der Waals surface area contributed by atoms with Gasteiger partial charge in [0.05, 0.1) is 6.20 Å². The van der Waals surface area contributed by atoms with Crippen LogP contribution in [0.15, 0.2) is 6.20 Å². The minimum absolute atomic E-state index is 0.416. The SMILES string of the molecule is Cn1ncc(C(O)C(C)(N)C2CC2)n1. The zero-order chi connectivity index (χ0) is 10.3. The lowest BCUT2D eigenvalue weighted by molar-refractivity contribution is 0.0765.